The summed E-state index contributed by atoms with van der Waals surface area (Å²) in [5.74, 6) is -0.457. The Morgan fingerprint density at radius 2 is 1.89 bits per heavy atom. The number of amides is 1. The number of hydrogen-bond donors (Lipinski definition) is 1. The number of hydrazone groups is 1. The Morgan fingerprint density at radius 3 is 2.54 bits per heavy atom. The minimum atomic E-state index is -0.420. The molecule has 2 unspecified atom stereocenters. The van der Waals surface area contributed by atoms with Gasteiger partial charge in [-0.1, -0.05) is 51.8 Å². The average Bonchev–Trinajstić information content (AvgIpc) is 2.69. The Balaban J connectivity index is 1.72. The normalized spacial score (nSPS) is 19.3. The van der Waals surface area contributed by atoms with Crippen molar-refractivity contribution < 1.29 is 9.72 Å². The first-order valence-electron chi connectivity index (χ1n) is 8.92. The van der Waals surface area contributed by atoms with Crippen molar-refractivity contribution in [2.24, 2.45) is 11.0 Å². The lowest BCUT2D eigenvalue weighted by Gasteiger charge is -2.29. The van der Waals surface area contributed by atoms with Gasteiger partial charge in [-0.25, -0.2) is 5.43 Å². The predicted molar refractivity (Wildman–Crippen MR) is 112 cm³/mol. The van der Waals surface area contributed by atoms with Crippen LogP contribution in [0.3, 0.4) is 0 Å². The van der Waals surface area contributed by atoms with Gasteiger partial charge in [0.25, 0.3) is 5.69 Å². The van der Waals surface area contributed by atoms with E-state index < -0.39 is 4.92 Å². The number of nitro benzene ring substituents is 1. The predicted octanol–water partition coefficient (Wildman–Crippen LogP) is 4.95. The Labute approximate surface area is 171 Å². The molecule has 144 valence electrons. The number of nitrogens with one attached hydrogen (secondary N) is 1. The third-order valence-corrected chi connectivity index (χ3v) is 5.40. The van der Waals surface area contributed by atoms with Crippen LogP contribution >= 0.6 is 15.9 Å². The summed E-state index contributed by atoms with van der Waals surface area (Å²) in [6.45, 7) is 2.04. The summed E-state index contributed by atoms with van der Waals surface area (Å²) in [7, 11) is 0. The molecule has 0 heterocycles. The van der Waals surface area contributed by atoms with Gasteiger partial charge in [-0.05, 0) is 48.9 Å². The van der Waals surface area contributed by atoms with Crippen LogP contribution < -0.4 is 5.43 Å². The van der Waals surface area contributed by atoms with Gasteiger partial charge in [0, 0.05) is 16.6 Å². The van der Waals surface area contributed by atoms with Crippen LogP contribution in [0.1, 0.15) is 36.8 Å². The molecule has 1 aliphatic carbocycles. The SMILES string of the molecule is CC1=CCC(C(=O)NN=Cc2ccc(Br)cc2)C(c2ccc([N+](=O)[O-])cc2)C1. The van der Waals surface area contributed by atoms with Gasteiger partial charge in [0.15, 0.2) is 0 Å². The van der Waals surface area contributed by atoms with Crippen molar-refractivity contribution in [3.8, 4) is 0 Å². The van der Waals surface area contributed by atoms with Crippen LogP contribution in [0.4, 0.5) is 5.69 Å². The minimum Gasteiger partial charge on any atom is -0.273 e. The van der Waals surface area contributed by atoms with Crippen molar-refractivity contribution in [3.05, 3.63) is 85.9 Å². The van der Waals surface area contributed by atoms with Crippen molar-refractivity contribution in [1.82, 2.24) is 5.43 Å². The fraction of sp³-hybridized carbons (Fsp3) is 0.238. The molecule has 0 aliphatic heterocycles. The summed E-state index contributed by atoms with van der Waals surface area (Å²) >= 11 is 3.38. The molecule has 2 atom stereocenters. The van der Waals surface area contributed by atoms with E-state index in [9.17, 15) is 14.9 Å². The fourth-order valence-electron chi connectivity index (χ4n) is 3.35. The summed E-state index contributed by atoms with van der Waals surface area (Å²) in [6.07, 6.45) is 5.04. The molecule has 0 aromatic heterocycles. The van der Waals surface area contributed by atoms with Crippen molar-refractivity contribution in [3.63, 3.8) is 0 Å². The van der Waals surface area contributed by atoms with E-state index in [-0.39, 0.29) is 23.4 Å². The number of carbonyl (C=O) groups is 1. The van der Waals surface area contributed by atoms with E-state index in [1.54, 1.807) is 18.3 Å². The van der Waals surface area contributed by atoms with Crippen molar-refractivity contribution in [2.75, 3.05) is 0 Å². The maximum absolute atomic E-state index is 12.7. The lowest BCUT2D eigenvalue weighted by Crippen LogP contribution is -2.33. The number of nitro groups is 1. The van der Waals surface area contributed by atoms with Crippen molar-refractivity contribution in [2.45, 2.75) is 25.7 Å². The number of hydrogen-bond acceptors (Lipinski definition) is 4. The van der Waals surface area contributed by atoms with E-state index in [1.807, 2.05) is 31.2 Å². The van der Waals surface area contributed by atoms with Gasteiger partial charge in [-0.15, -0.1) is 0 Å². The van der Waals surface area contributed by atoms with Crippen LogP contribution in [-0.2, 0) is 4.79 Å². The molecule has 0 saturated heterocycles. The monoisotopic (exact) mass is 441 g/mol. The maximum Gasteiger partial charge on any atom is 0.269 e. The number of allylic oxidation sites excluding steroid dienone is 2. The Morgan fingerprint density at radius 1 is 1.21 bits per heavy atom. The molecule has 3 rings (SSSR count). The van der Waals surface area contributed by atoms with E-state index in [4.69, 9.17) is 0 Å². The van der Waals surface area contributed by atoms with Crippen LogP contribution in [-0.4, -0.2) is 17.0 Å². The smallest absolute Gasteiger partial charge is 0.269 e. The van der Waals surface area contributed by atoms with Gasteiger partial charge in [0.2, 0.25) is 5.91 Å². The molecule has 1 N–H and O–H groups in total. The average molecular weight is 442 g/mol. The first kappa shape index (κ1) is 19.9. The molecule has 0 saturated carbocycles. The minimum absolute atomic E-state index is 0.0336. The molecular weight excluding hydrogens is 422 g/mol. The third kappa shape index (κ3) is 4.92. The summed E-state index contributed by atoms with van der Waals surface area (Å²) in [6, 6.07) is 14.1. The molecule has 0 fully saturated rings. The maximum atomic E-state index is 12.7. The number of carbonyl (C=O) groups excluding carboxylic acids is 1. The third-order valence-electron chi connectivity index (χ3n) is 4.88. The molecule has 2 aromatic carbocycles. The highest BCUT2D eigenvalue weighted by Crippen LogP contribution is 2.38. The van der Waals surface area contributed by atoms with Crippen LogP contribution in [0, 0.1) is 16.0 Å². The van der Waals surface area contributed by atoms with Gasteiger partial charge in [-0.3, -0.25) is 14.9 Å². The van der Waals surface area contributed by atoms with Crippen LogP contribution in [0.15, 0.2) is 69.8 Å². The standard InChI is InChI=1S/C21H20BrN3O3/c1-14-2-11-19(20(12-14)16-5-9-18(10-6-16)25(27)28)21(26)24-23-13-15-3-7-17(22)8-4-15/h2-10,13,19-20H,11-12H2,1H3,(H,24,26). The molecule has 6 nitrogen and oxygen atoms in total. The number of halogens is 1. The topological polar surface area (TPSA) is 84.6 Å². The second-order valence-electron chi connectivity index (χ2n) is 6.84. The molecule has 2 aromatic rings. The number of nitrogens with zero attached hydrogens (tertiary/aromatic N) is 2. The van der Waals surface area contributed by atoms with Crippen LogP contribution in [0.5, 0.6) is 0 Å². The van der Waals surface area contributed by atoms with Crippen molar-refractivity contribution in [1.29, 1.82) is 0 Å². The highest BCUT2D eigenvalue weighted by Gasteiger charge is 2.31. The van der Waals surface area contributed by atoms with Gasteiger partial charge in [-0.2, -0.15) is 5.10 Å². The zero-order valence-corrected chi connectivity index (χ0v) is 16.9. The summed E-state index contributed by atoms with van der Waals surface area (Å²) in [4.78, 5) is 23.2. The van der Waals surface area contributed by atoms with Crippen molar-refractivity contribution >= 4 is 33.7 Å². The van der Waals surface area contributed by atoms with E-state index in [0.29, 0.717) is 6.42 Å². The zero-order chi connectivity index (χ0) is 20.1. The quantitative estimate of drug-likeness (QED) is 0.308. The van der Waals surface area contributed by atoms with Gasteiger partial charge in [0.1, 0.15) is 0 Å². The van der Waals surface area contributed by atoms with Gasteiger partial charge < -0.3 is 0 Å². The second kappa shape index (κ2) is 8.93. The Hall–Kier alpha value is -2.80. The Bertz CT molecular complexity index is 921. The van der Waals surface area contributed by atoms with Gasteiger partial charge >= 0.3 is 0 Å². The summed E-state index contributed by atoms with van der Waals surface area (Å²) in [5.41, 5.74) is 5.71. The summed E-state index contributed by atoms with van der Waals surface area (Å²) < 4.78 is 0.976. The largest absolute Gasteiger partial charge is 0.273 e. The van der Waals surface area contributed by atoms with E-state index >= 15 is 0 Å². The molecule has 1 aliphatic rings. The lowest BCUT2D eigenvalue weighted by atomic mass is 9.75. The summed E-state index contributed by atoms with van der Waals surface area (Å²) in [5, 5.41) is 15.0. The van der Waals surface area contributed by atoms with E-state index in [1.165, 1.54) is 17.7 Å². The molecule has 1 amide bonds. The first-order valence-corrected chi connectivity index (χ1v) is 9.72. The molecule has 0 radical (unpaired) electrons. The zero-order valence-electron chi connectivity index (χ0n) is 15.3. The second-order valence-corrected chi connectivity index (χ2v) is 7.75. The highest BCUT2D eigenvalue weighted by molar-refractivity contribution is 9.10. The van der Waals surface area contributed by atoms with E-state index in [0.717, 1.165) is 22.0 Å². The lowest BCUT2D eigenvalue weighted by molar-refractivity contribution is -0.384. The first-order chi connectivity index (χ1) is 13.4. The molecule has 0 bridgehead atoms. The van der Waals surface area contributed by atoms with Crippen LogP contribution in [0.25, 0.3) is 0 Å². The molecule has 28 heavy (non-hydrogen) atoms. The number of benzene rings is 2. The Kier molecular flexibility index (Phi) is 6.36. The molecular formula is C21H20BrN3O3. The fourth-order valence-corrected chi connectivity index (χ4v) is 3.61. The van der Waals surface area contributed by atoms with Gasteiger partial charge in [0.05, 0.1) is 17.1 Å². The van der Waals surface area contributed by atoms with Crippen LogP contribution in [0.2, 0.25) is 0 Å². The molecule has 0 spiro atoms. The van der Waals surface area contributed by atoms with E-state index in [2.05, 4.69) is 32.5 Å². The highest BCUT2D eigenvalue weighted by atomic mass is 79.9. The molecule has 7 heteroatoms. The number of non-ortho nitro benzene ring substituents is 1. The number of rotatable bonds is 5.